The molecule has 28 heavy (non-hydrogen) atoms. The summed E-state index contributed by atoms with van der Waals surface area (Å²) in [5, 5.41) is 3.44. The van der Waals surface area contributed by atoms with E-state index in [2.05, 4.69) is 5.32 Å². The van der Waals surface area contributed by atoms with Crippen LogP contribution in [-0.2, 0) is 17.8 Å². The lowest BCUT2D eigenvalue weighted by atomic mass is 10.1. The summed E-state index contributed by atoms with van der Waals surface area (Å²) in [6.45, 7) is 2.11. The van der Waals surface area contributed by atoms with Gasteiger partial charge in [-0.1, -0.05) is 12.1 Å². The van der Waals surface area contributed by atoms with Crippen LogP contribution in [0.25, 0.3) is 0 Å². The standard InChI is InChI=1S/C21H23FN2O4/c1-26-18-8-15(9-19-21(18)28-13-27-19)11-23-17-10-20(25)24(12-17)7-6-14-2-4-16(22)5-3-14/h2-5,8-9,17,23H,6-7,10-13H2,1H3. The fourth-order valence-corrected chi connectivity index (χ4v) is 3.59. The van der Waals surface area contributed by atoms with Crippen molar-refractivity contribution in [1.29, 1.82) is 0 Å². The van der Waals surface area contributed by atoms with Gasteiger partial charge in [0, 0.05) is 32.1 Å². The second-order valence-electron chi connectivity index (χ2n) is 7.03. The highest BCUT2D eigenvalue weighted by atomic mass is 19.1. The van der Waals surface area contributed by atoms with Crippen molar-refractivity contribution >= 4 is 5.91 Å². The summed E-state index contributed by atoms with van der Waals surface area (Å²) in [6.07, 6.45) is 1.20. The van der Waals surface area contributed by atoms with Gasteiger partial charge in [0.2, 0.25) is 18.4 Å². The van der Waals surface area contributed by atoms with Crippen LogP contribution < -0.4 is 19.5 Å². The Labute approximate surface area is 163 Å². The predicted molar refractivity (Wildman–Crippen MR) is 101 cm³/mol. The Morgan fingerprint density at radius 2 is 2.04 bits per heavy atom. The molecule has 1 fully saturated rings. The molecule has 0 bridgehead atoms. The third kappa shape index (κ3) is 4.04. The summed E-state index contributed by atoms with van der Waals surface area (Å²) in [5.74, 6) is 1.86. The summed E-state index contributed by atoms with van der Waals surface area (Å²) < 4.78 is 29.2. The molecule has 7 heteroatoms. The molecule has 148 valence electrons. The van der Waals surface area contributed by atoms with E-state index in [4.69, 9.17) is 14.2 Å². The molecule has 1 amide bonds. The number of nitrogens with one attached hydrogen (secondary N) is 1. The van der Waals surface area contributed by atoms with E-state index in [0.717, 1.165) is 17.5 Å². The number of hydrogen-bond acceptors (Lipinski definition) is 5. The zero-order chi connectivity index (χ0) is 19.5. The third-order valence-electron chi connectivity index (χ3n) is 5.11. The van der Waals surface area contributed by atoms with Crippen LogP contribution in [0, 0.1) is 5.82 Å². The minimum atomic E-state index is -0.245. The van der Waals surface area contributed by atoms with E-state index >= 15 is 0 Å². The number of ether oxygens (including phenoxy) is 3. The summed E-state index contributed by atoms with van der Waals surface area (Å²) in [5.41, 5.74) is 2.04. The molecule has 1 unspecified atom stereocenters. The summed E-state index contributed by atoms with van der Waals surface area (Å²) in [7, 11) is 1.60. The summed E-state index contributed by atoms with van der Waals surface area (Å²) in [4.78, 5) is 14.2. The van der Waals surface area contributed by atoms with Gasteiger partial charge in [-0.2, -0.15) is 0 Å². The van der Waals surface area contributed by atoms with Crippen molar-refractivity contribution in [2.45, 2.75) is 25.4 Å². The minimum Gasteiger partial charge on any atom is -0.493 e. The van der Waals surface area contributed by atoms with Crippen molar-refractivity contribution in [2.24, 2.45) is 0 Å². The molecule has 0 aliphatic carbocycles. The zero-order valence-corrected chi connectivity index (χ0v) is 15.7. The first-order valence-corrected chi connectivity index (χ1v) is 9.34. The maximum atomic E-state index is 13.0. The Bertz CT molecular complexity index is 856. The molecule has 2 aromatic carbocycles. The van der Waals surface area contributed by atoms with Crippen molar-refractivity contribution in [3.8, 4) is 17.2 Å². The Morgan fingerprint density at radius 1 is 1.21 bits per heavy atom. The van der Waals surface area contributed by atoms with Crippen LogP contribution in [0.2, 0.25) is 0 Å². The smallest absolute Gasteiger partial charge is 0.231 e. The SMILES string of the molecule is COc1cc(CNC2CC(=O)N(CCc3ccc(F)cc3)C2)cc2c1OCO2. The van der Waals surface area contributed by atoms with Crippen molar-refractivity contribution < 1.29 is 23.4 Å². The number of hydrogen-bond donors (Lipinski definition) is 1. The van der Waals surface area contributed by atoms with E-state index in [-0.39, 0.29) is 24.6 Å². The maximum absolute atomic E-state index is 13.0. The normalized spacial score (nSPS) is 18.0. The molecule has 0 aromatic heterocycles. The first-order chi connectivity index (χ1) is 13.6. The molecule has 0 radical (unpaired) electrons. The number of amides is 1. The predicted octanol–water partition coefficient (Wildman–Crippen LogP) is 2.50. The van der Waals surface area contributed by atoms with Crippen LogP contribution in [0.15, 0.2) is 36.4 Å². The van der Waals surface area contributed by atoms with Crippen LogP contribution in [0.1, 0.15) is 17.5 Å². The number of carbonyl (C=O) groups excluding carboxylic acids is 1. The van der Waals surface area contributed by atoms with Gasteiger partial charge in [0.05, 0.1) is 7.11 Å². The zero-order valence-electron chi connectivity index (χ0n) is 15.7. The quantitative estimate of drug-likeness (QED) is 0.792. The van der Waals surface area contributed by atoms with E-state index in [0.29, 0.717) is 43.3 Å². The molecule has 4 rings (SSSR count). The number of halogens is 1. The van der Waals surface area contributed by atoms with Gasteiger partial charge in [-0.05, 0) is 41.8 Å². The van der Waals surface area contributed by atoms with Crippen molar-refractivity contribution in [2.75, 3.05) is 27.0 Å². The van der Waals surface area contributed by atoms with E-state index in [1.54, 1.807) is 19.2 Å². The summed E-state index contributed by atoms with van der Waals surface area (Å²) >= 11 is 0. The monoisotopic (exact) mass is 386 g/mol. The average molecular weight is 386 g/mol. The molecule has 2 heterocycles. The van der Waals surface area contributed by atoms with E-state index in [9.17, 15) is 9.18 Å². The number of fused-ring (bicyclic) bond motifs is 1. The van der Waals surface area contributed by atoms with E-state index in [1.165, 1.54) is 12.1 Å². The lowest BCUT2D eigenvalue weighted by Crippen LogP contribution is -2.33. The van der Waals surface area contributed by atoms with Gasteiger partial charge >= 0.3 is 0 Å². The first-order valence-electron chi connectivity index (χ1n) is 9.34. The molecule has 2 aromatic rings. The van der Waals surface area contributed by atoms with E-state index < -0.39 is 0 Å². The lowest BCUT2D eigenvalue weighted by Gasteiger charge is -2.17. The Kier molecular flexibility index (Phi) is 5.34. The second-order valence-corrected chi connectivity index (χ2v) is 7.03. The van der Waals surface area contributed by atoms with Crippen LogP contribution in [0.3, 0.4) is 0 Å². The van der Waals surface area contributed by atoms with Gasteiger partial charge in [-0.25, -0.2) is 4.39 Å². The Balaban J connectivity index is 1.30. The van der Waals surface area contributed by atoms with Crippen molar-refractivity contribution in [3.63, 3.8) is 0 Å². The Hall–Kier alpha value is -2.80. The van der Waals surface area contributed by atoms with E-state index in [1.807, 2.05) is 17.0 Å². The fraction of sp³-hybridized carbons (Fsp3) is 0.381. The second kappa shape index (κ2) is 8.06. The van der Waals surface area contributed by atoms with Gasteiger partial charge in [0.25, 0.3) is 0 Å². The first kappa shape index (κ1) is 18.6. The number of nitrogens with zero attached hydrogens (tertiary/aromatic N) is 1. The molecular weight excluding hydrogens is 363 g/mol. The molecule has 0 saturated carbocycles. The highest BCUT2D eigenvalue weighted by molar-refractivity contribution is 5.79. The largest absolute Gasteiger partial charge is 0.493 e. The number of rotatable bonds is 7. The molecule has 1 N–H and O–H groups in total. The van der Waals surface area contributed by atoms with Crippen LogP contribution >= 0.6 is 0 Å². The number of carbonyl (C=O) groups is 1. The highest BCUT2D eigenvalue weighted by Gasteiger charge is 2.29. The molecule has 6 nitrogen and oxygen atoms in total. The third-order valence-corrected chi connectivity index (χ3v) is 5.11. The number of methoxy groups -OCH3 is 1. The van der Waals surface area contributed by atoms with Gasteiger partial charge in [0.15, 0.2) is 11.5 Å². The molecule has 2 aliphatic rings. The molecule has 0 spiro atoms. The Morgan fingerprint density at radius 3 is 2.82 bits per heavy atom. The van der Waals surface area contributed by atoms with Gasteiger partial charge in [-0.3, -0.25) is 4.79 Å². The van der Waals surface area contributed by atoms with Crippen LogP contribution in [-0.4, -0.2) is 43.8 Å². The van der Waals surface area contributed by atoms with Gasteiger partial charge in [-0.15, -0.1) is 0 Å². The van der Waals surface area contributed by atoms with Crippen LogP contribution in [0.4, 0.5) is 4.39 Å². The average Bonchev–Trinajstić information content (AvgIpc) is 3.31. The number of likely N-dealkylation sites (tertiary alicyclic amines) is 1. The van der Waals surface area contributed by atoms with Gasteiger partial charge < -0.3 is 24.4 Å². The molecular formula is C21H23FN2O4. The topological polar surface area (TPSA) is 60.0 Å². The molecule has 1 atom stereocenters. The molecule has 1 saturated heterocycles. The van der Waals surface area contributed by atoms with Crippen molar-refractivity contribution in [1.82, 2.24) is 10.2 Å². The van der Waals surface area contributed by atoms with Gasteiger partial charge in [0.1, 0.15) is 5.82 Å². The minimum absolute atomic E-state index is 0.0946. The molecule has 2 aliphatic heterocycles. The van der Waals surface area contributed by atoms with Crippen LogP contribution in [0.5, 0.6) is 17.2 Å². The lowest BCUT2D eigenvalue weighted by molar-refractivity contribution is -0.127. The fourth-order valence-electron chi connectivity index (χ4n) is 3.59. The van der Waals surface area contributed by atoms with Crippen molar-refractivity contribution in [3.05, 3.63) is 53.3 Å². The number of benzene rings is 2. The highest BCUT2D eigenvalue weighted by Crippen LogP contribution is 2.41. The maximum Gasteiger partial charge on any atom is 0.231 e. The summed E-state index contributed by atoms with van der Waals surface area (Å²) in [6, 6.07) is 10.4.